The maximum absolute atomic E-state index is 12.0. The first kappa shape index (κ1) is 15.6. The van der Waals surface area contributed by atoms with Crippen molar-refractivity contribution < 1.29 is 18.3 Å². The molecule has 1 aliphatic rings. The van der Waals surface area contributed by atoms with Gasteiger partial charge in [-0.15, -0.1) is 0 Å². The summed E-state index contributed by atoms with van der Waals surface area (Å²) in [5.74, 6) is -1.05. The van der Waals surface area contributed by atoms with Crippen LogP contribution in [0.3, 0.4) is 0 Å². The molecule has 9 nitrogen and oxygen atoms in total. The largest absolute Gasteiger partial charge is 0.480 e. The van der Waals surface area contributed by atoms with Crippen molar-refractivity contribution in [3.8, 4) is 0 Å². The van der Waals surface area contributed by atoms with Crippen LogP contribution >= 0.6 is 0 Å². The minimum atomic E-state index is -3.62. The molecule has 1 unspecified atom stereocenters. The van der Waals surface area contributed by atoms with Crippen LogP contribution in [0.25, 0.3) is 0 Å². The van der Waals surface area contributed by atoms with Crippen LogP contribution in [0.5, 0.6) is 0 Å². The molecule has 1 saturated heterocycles. The van der Waals surface area contributed by atoms with Crippen LogP contribution in [-0.2, 0) is 21.2 Å². The van der Waals surface area contributed by atoms with Gasteiger partial charge >= 0.3 is 5.97 Å². The number of carboxylic acids is 1. The van der Waals surface area contributed by atoms with E-state index in [1.54, 1.807) is 0 Å². The third-order valence-corrected chi connectivity index (χ3v) is 4.49. The summed E-state index contributed by atoms with van der Waals surface area (Å²) >= 11 is 0. The molecule has 1 atom stereocenters. The molecule has 2 heterocycles. The molecule has 0 saturated carbocycles. The Hall–Kier alpha value is -1.81. The summed E-state index contributed by atoms with van der Waals surface area (Å²) in [5.41, 5.74) is 5.81. The number of nitrogens with one attached hydrogen (secondary N) is 1. The van der Waals surface area contributed by atoms with E-state index in [4.69, 9.17) is 10.8 Å². The molecule has 0 bridgehead atoms. The lowest BCUT2D eigenvalue weighted by molar-refractivity contribution is -0.137. The summed E-state index contributed by atoms with van der Waals surface area (Å²) in [7, 11) is -3.62. The SMILES string of the molecule is CC1CNCCN1c1nn(CC(=O)O)c(N)c1S(C)(=O)=O. The fourth-order valence-electron chi connectivity index (χ4n) is 2.39. The molecule has 0 radical (unpaired) electrons. The van der Waals surface area contributed by atoms with Crippen molar-refractivity contribution in [1.29, 1.82) is 0 Å². The lowest BCUT2D eigenvalue weighted by atomic mass is 10.2. The summed E-state index contributed by atoms with van der Waals surface area (Å²) < 4.78 is 25.0. The predicted octanol–water partition coefficient (Wildman–Crippen LogP) is -1.25. The second-order valence-electron chi connectivity index (χ2n) is 5.11. The van der Waals surface area contributed by atoms with Crippen molar-refractivity contribution in [2.24, 2.45) is 0 Å². The Morgan fingerprint density at radius 2 is 2.24 bits per heavy atom. The van der Waals surface area contributed by atoms with Crippen molar-refractivity contribution in [1.82, 2.24) is 15.1 Å². The normalized spacial score (nSPS) is 19.7. The molecule has 1 aromatic rings. The van der Waals surface area contributed by atoms with E-state index in [0.29, 0.717) is 19.6 Å². The summed E-state index contributed by atoms with van der Waals surface area (Å²) in [6.45, 7) is 3.42. The zero-order valence-electron chi connectivity index (χ0n) is 11.9. The highest BCUT2D eigenvalue weighted by Crippen LogP contribution is 2.31. The fraction of sp³-hybridized carbons (Fsp3) is 0.636. The minimum absolute atomic E-state index is 0.0341. The monoisotopic (exact) mass is 317 g/mol. The van der Waals surface area contributed by atoms with Gasteiger partial charge in [-0.3, -0.25) is 4.79 Å². The van der Waals surface area contributed by atoms with Crippen molar-refractivity contribution in [3.63, 3.8) is 0 Å². The van der Waals surface area contributed by atoms with Gasteiger partial charge in [0.05, 0.1) is 0 Å². The van der Waals surface area contributed by atoms with Gasteiger partial charge in [0.15, 0.2) is 20.6 Å². The lowest BCUT2D eigenvalue weighted by Crippen LogP contribution is -2.50. The van der Waals surface area contributed by atoms with Crippen LogP contribution in [-0.4, -0.2) is 61.2 Å². The van der Waals surface area contributed by atoms with Crippen molar-refractivity contribution in [3.05, 3.63) is 0 Å². The molecule has 4 N–H and O–H groups in total. The van der Waals surface area contributed by atoms with E-state index in [0.717, 1.165) is 10.9 Å². The van der Waals surface area contributed by atoms with E-state index in [1.165, 1.54) is 0 Å². The first-order chi connectivity index (χ1) is 9.71. The highest BCUT2D eigenvalue weighted by molar-refractivity contribution is 7.91. The Morgan fingerprint density at radius 1 is 1.57 bits per heavy atom. The molecule has 0 aromatic carbocycles. The van der Waals surface area contributed by atoms with Crippen LogP contribution < -0.4 is 16.0 Å². The third kappa shape index (κ3) is 3.10. The second kappa shape index (κ2) is 5.53. The highest BCUT2D eigenvalue weighted by atomic mass is 32.2. The number of nitrogen functional groups attached to an aromatic ring is 1. The number of aromatic nitrogens is 2. The first-order valence-electron chi connectivity index (χ1n) is 6.47. The molecule has 118 valence electrons. The van der Waals surface area contributed by atoms with E-state index in [1.807, 2.05) is 11.8 Å². The first-order valence-corrected chi connectivity index (χ1v) is 8.36. The third-order valence-electron chi connectivity index (χ3n) is 3.36. The van der Waals surface area contributed by atoms with Gasteiger partial charge in [-0.2, -0.15) is 5.10 Å². The summed E-state index contributed by atoms with van der Waals surface area (Å²) in [6.07, 6.45) is 1.04. The van der Waals surface area contributed by atoms with E-state index >= 15 is 0 Å². The summed E-state index contributed by atoms with van der Waals surface area (Å²) in [5, 5.41) is 16.2. The van der Waals surface area contributed by atoms with Crippen molar-refractivity contribution >= 4 is 27.4 Å². The van der Waals surface area contributed by atoms with Gasteiger partial charge in [-0.05, 0) is 6.92 Å². The Bertz CT molecular complexity index is 654. The number of carboxylic acid groups (broad SMARTS) is 1. The van der Waals surface area contributed by atoms with Crippen LogP contribution in [0.2, 0.25) is 0 Å². The number of hydrogen-bond donors (Lipinski definition) is 3. The number of anilines is 2. The Kier molecular flexibility index (Phi) is 4.10. The van der Waals surface area contributed by atoms with Gasteiger partial charge in [0.25, 0.3) is 0 Å². The average molecular weight is 317 g/mol. The smallest absolute Gasteiger partial charge is 0.325 e. The number of sulfone groups is 1. The van der Waals surface area contributed by atoms with Gasteiger partial charge < -0.3 is 21.1 Å². The molecule has 0 aliphatic carbocycles. The topological polar surface area (TPSA) is 131 Å². The molecular formula is C11H19N5O4S. The van der Waals surface area contributed by atoms with Gasteiger partial charge in [0.1, 0.15) is 12.4 Å². The number of aliphatic carboxylic acids is 1. The molecule has 21 heavy (non-hydrogen) atoms. The zero-order chi connectivity index (χ0) is 15.8. The Labute approximate surface area is 122 Å². The average Bonchev–Trinajstić information content (AvgIpc) is 2.66. The number of piperazine rings is 1. The summed E-state index contributed by atoms with van der Waals surface area (Å²) in [4.78, 5) is 12.6. The number of nitrogens with zero attached hydrogens (tertiary/aromatic N) is 3. The molecule has 1 fully saturated rings. The maximum Gasteiger partial charge on any atom is 0.325 e. The van der Waals surface area contributed by atoms with E-state index in [2.05, 4.69) is 10.4 Å². The number of carbonyl (C=O) groups is 1. The Balaban J connectivity index is 2.55. The quantitative estimate of drug-likeness (QED) is 0.628. The fourth-order valence-corrected chi connectivity index (χ4v) is 3.37. The zero-order valence-corrected chi connectivity index (χ0v) is 12.7. The molecule has 1 aromatic heterocycles. The van der Waals surface area contributed by atoms with Crippen LogP contribution in [0.4, 0.5) is 11.6 Å². The second-order valence-corrected chi connectivity index (χ2v) is 7.06. The molecule has 1 aliphatic heterocycles. The van der Waals surface area contributed by atoms with Crippen LogP contribution in [0, 0.1) is 0 Å². The van der Waals surface area contributed by atoms with Crippen molar-refractivity contribution in [2.75, 3.05) is 36.5 Å². The molecule has 0 amide bonds. The van der Waals surface area contributed by atoms with Gasteiger partial charge in [-0.1, -0.05) is 0 Å². The number of nitrogens with two attached hydrogens (primary N) is 1. The van der Waals surface area contributed by atoms with Gasteiger partial charge in [-0.25, -0.2) is 13.1 Å². The standard InChI is InChI=1S/C11H19N5O4S/c1-7-5-13-3-4-15(7)11-9(21(2,19)20)10(12)16(14-11)6-8(17)18/h7,13H,3-6,12H2,1-2H3,(H,17,18). The number of hydrogen-bond acceptors (Lipinski definition) is 7. The molecule has 10 heteroatoms. The molecular weight excluding hydrogens is 298 g/mol. The van der Waals surface area contributed by atoms with Gasteiger partial charge in [0.2, 0.25) is 0 Å². The van der Waals surface area contributed by atoms with Crippen molar-refractivity contribution in [2.45, 2.75) is 24.4 Å². The van der Waals surface area contributed by atoms with Crippen LogP contribution in [0.1, 0.15) is 6.92 Å². The van der Waals surface area contributed by atoms with E-state index in [-0.39, 0.29) is 22.6 Å². The van der Waals surface area contributed by atoms with Crippen LogP contribution in [0.15, 0.2) is 4.90 Å². The van der Waals surface area contributed by atoms with E-state index < -0.39 is 22.4 Å². The molecule has 2 rings (SSSR count). The van der Waals surface area contributed by atoms with E-state index in [9.17, 15) is 13.2 Å². The molecule has 0 spiro atoms. The number of rotatable bonds is 4. The maximum atomic E-state index is 12.0. The minimum Gasteiger partial charge on any atom is -0.480 e. The predicted molar refractivity (Wildman–Crippen MR) is 77.1 cm³/mol. The Morgan fingerprint density at radius 3 is 2.76 bits per heavy atom. The lowest BCUT2D eigenvalue weighted by Gasteiger charge is -2.34. The highest BCUT2D eigenvalue weighted by Gasteiger charge is 2.31. The van der Waals surface area contributed by atoms with Gasteiger partial charge in [0, 0.05) is 31.9 Å². The summed E-state index contributed by atoms with van der Waals surface area (Å²) in [6, 6.07) is 0.0341.